The zero-order chi connectivity index (χ0) is 15.9. The molecule has 0 saturated carbocycles. The summed E-state index contributed by atoms with van der Waals surface area (Å²) >= 11 is 2.80. The predicted molar refractivity (Wildman–Crippen MR) is 48.0 cm³/mol. The molecule has 0 spiro atoms. The van der Waals surface area contributed by atoms with E-state index in [1.807, 2.05) is 0 Å². The number of carbonyl (C=O) groups excluding carboxylic acids is 1. The van der Waals surface area contributed by atoms with Crippen molar-refractivity contribution in [2.75, 3.05) is 7.04 Å². The van der Waals surface area contributed by atoms with Crippen molar-refractivity contribution >= 4 is 21.9 Å². The van der Waals surface area contributed by atoms with Crippen molar-refractivity contribution in [3.63, 3.8) is 0 Å². The molecule has 0 N–H and O–H groups in total. The van der Waals surface area contributed by atoms with Crippen LogP contribution in [0.1, 0.15) is 26.9 Å². The Kier molecular flexibility index (Phi) is 0.949. The topological polar surface area (TPSA) is 39.2 Å². The zero-order valence-corrected chi connectivity index (χ0v) is 7.23. The summed E-state index contributed by atoms with van der Waals surface area (Å²) in [5, 5.41) is 0. The van der Waals surface area contributed by atoms with Gasteiger partial charge in [-0.15, -0.1) is 0 Å². The SMILES string of the molecule is [2H]c1nc(Br)c(C([2H])([2H])[2H])c([2H])c1C(=O)OC([2H])([2H])[2H]. The van der Waals surface area contributed by atoms with Crippen LogP contribution in [0, 0.1) is 6.85 Å². The minimum atomic E-state index is -3.07. The van der Waals surface area contributed by atoms with Crippen LogP contribution in [0.15, 0.2) is 16.8 Å². The number of carbonyl (C=O) groups is 1. The summed E-state index contributed by atoms with van der Waals surface area (Å²) in [5.74, 6) is -1.49. The van der Waals surface area contributed by atoms with Gasteiger partial charge in [0.05, 0.1) is 19.5 Å². The van der Waals surface area contributed by atoms with Gasteiger partial charge in [0.2, 0.25) is 0 Å². The molecule has 0 bridgehead atoms. The first-order chi connectivity index (χ1) is 8.84. The lowest BCUT2D eigenvalue weighted by Crippen LogP contribution is -2.02. The summed E-state index contributed by atoms with van der Waals surface area (Å²) < 4.78 is 61.1. The van der Waals surface area contributed by atoms with E-state index in [4.69, 9.17) is 11.0 Å². The molecule has 1 aromatic heterocycles. The highest BCUT2D eigenvalue weighted by Gasteiger charge is 2.06. The fraction of sp³-hybridized carbons (Fsp3) is 0.250. The molecular formula is C8H8BrNO2. The van der Waals surface area contributed by atoms with Crippen molar-refractivity contribution in [1.82, 2.24) is 4.98 Å². The van der Waals surface area contributed by atoms with Gasteiger partial charge >= 0.3 is 5.97 Å². The number of halogens is 1. The van der Waals surface area contributed by atoms with Crippen molar-refractivity contribution in [3.8, 4) is 0 Å². The Morgan fingerprint density at radius 2 is 2.75 bits per heavy atom. The number of hydrogen-bond acceptors (Lipinski definition) is 3. The van der Waals surface area contributed by atoms with Crippen molar-refractivity contribution in [2.24, 2.45) is 0 Å². The second kappa shape index (κ2) is 3.67. The van der Waals surface area contributed by atoms with Gasteiger partial charge in [-0.1, -0.05) is 0 Å². The van der Waals surface area contributed by atoms with Gasteiger partial charge in [-0.05, 0) is 34.4 Å². The van der Waals surface area contributed by atoms with Crippen LogP contribution in [0.2, 0.25) is 0 Å². The Bertz CT molecular complexity index is 553. The van der Waals surface area contributed by atoms with Crippen LogP contribution in [0.5, 0.6) is 0 Å². The van der Waals surface area contributed by atoms with E-state index < -0.39 is 43.2 Å². The molecule has 1 aromatic rings. The average Bonchev–Trinajstić information content (AvgIpc) is 2.09. The first-order valence-corrected chi connectivity index (χ1v) is 3.54. The lowest BCUT2D eigenvalue weighted by molar-refractivity contribution is 0.0600. The molecule has 0 fully saturated rings. The number of ether oxygens (including phenoxy) is 1. The van der Waals surface area contributed by atoms with Crippen LogP contribution in [0.3, 0.4) is 0 Å². The van der Waals surface area contributed by atoms with Gasteiger partial charge in [0.1, 0.15) is 4.60 Å². The number of rotatable bonds is 1. The number of esters is 1. The number of pyridine rings is 1. The van der Waals surface area contributed by atoms with Gasteiger partial charge < -0.3 is 4.74 Å². The fourth-order valence-electron chi connectivity index (χ4n) is 0.513. The highest BCUT2D eigenvalue weighted by atomic mass is 79.9. The Labute approximate surface area is 90.1 Å². The van der Waals surface area contributed by atoms with Crippen molar-refractivity contribution in [3.05, 3.63) is 27.9 Å². The molecule has 0 aliphatic heterocycles. The van der Waals surface area contributed by atoms with Crippen molar-refractivity contribution < 1.29 is 20.5 Å². The maximum absolute atomic E-state index is 11.6. The van der Waals surface area contributed by atoms with E-state index in [2.05, 4.69) is 25.7 Å². The van der Waals surface area contributed by atoms with Crippen molar-refractivity contribution in [2.45, 2.75) is 6.85 Å². The first kappa shape index (κ1) is 3.10. The number of hydrogen-bond donors (Lipinski definition) is 0. The fourth-order valence-corrected chi connectivity index (χ4v) is 0.701. The summed E-state index contributed by atoms with van der Waals surface area (Å²) in [4.78, 5) is 15.1. The normalized spacial score (nSPS) is 21.4. The van der Waals surface area contributed by atoms with Gasteiger partial charge in [0, 0.05) is 10.3 Å². The molecule has 1 heterocycles. The molecule has 3 nitrogen and oxygen atoms in total. The summed E-state index contributed by atoms with van der Waals surface area (Å²) in [6.07, 6.45) is -0.746. The largest absolute Gasteiger partial charge is 0.465 e. The summed E-state index contributed by atoms with van der Waals surface area (Å²) in [5.41, 5.74) is -1.40. The Hall–Kier alpha value is -0.900. The number of nitrogens with zero attached hydrogens (tertiary/aromatic N) is 1. The van der Waals surface area contributed by atoms with Crippen LogP contribution < -0.4 is 0 Å². The van der Waals surface area contributed by atoms with Gasteiger partial charge in [-0.25, -0.2) is 9.78 Å². The lowest BCUT2D eigenvalue weighted by Gasteiger charge is -2.00. The van der Waals surface area contributed by atoms with Crippen LogP contribution in [-0.2, 0) is 4.74 Å². The molecule has 0 aromatic carbocycles. The highest BCUT2D eigenvalue weighted by molar-refractivity contribution is 9.10. The third kappa shape index (κ3) is 1.82. The minimum absolute atomic E-state index is 0.280. The predicted octanol–water partition coefficient (Wildman–Crippen LogP) is 1.94. The smallest absolute Gasteiger partial charge is 0.339 e. The van der Waals surface area contributed by atoms with E-state index >= 15 is 0 Å². The zero-order valence-electron chi connectivity index (χ0n) is 13.6. The second-order valence-corrected chi connectivity index (χ2v) is 2.53. The van der Waals surface area contributed by atoms with Crippen LogP contribution in [0.25, 0.3) is 0 Å². The third-order valence-corrected chi connectivity index (χ3v) is 1.59. The third-order valence-electron chi connectivity index (χ3n) is 1.02. The Morgan fingerprint density at radius 3 is 3.42 bits per heavy atom. The number of methoxy groups -OCH3 is 1. The Balaban J connectivity index is 3.46. The molecule has 0 radical (unpaired) electrons. The summed E-state index contributed by atoms with van der Waals surface area (Å²) in [6.45, 7) is -2.76. The first-order valence-electron chi connectivity index (χ1n) is 6.75. The van der Waals surface area contributed by atoms with Crippen LogP contribution in [0.4, 0.5) is 0 Å². The number of aromatic nitrogens is 1. The molecule has 0 saturated heterocycles. The molecule has 0 atom stereocenters. The Morgan fingerprint density at radius 1 is 1.92 bits per heavy atom. The molecule has 0 amide bonds. The molecule has 4 heteroatoms. The van der Waals surface area contributed by atoms with Crippen LogP contribution in [-0.4, -0.2) is 18.0 Å². The van der Waals surface area contributed by atoms with Gasteiger partial charge in [-0.2, -0.15) is 0 Å². The van der Waals surface area contributed by atoms with E-state index in [1.54, 1.807) is 0 Å². The lowest BCUT2D eigenvalue weighted by atomic mass is 10.2. The van der Waals surface area contributed by atoms with Gasteiger partial charge in [-0.3, -0.25) is 0 Å². The monoisotopic (exact) mass is 237 g/mol. The standard InChI is InChI=1S/C8H8BrNO2/c1-5-3-6(8(11)12-2)4-10-7(5)9/h3-4H,1-2H3/i1D3,2D3,3D,4D. The molecule has 1 rings (SSSR count). The van der Waals surface area contributed by atoms with Gasteiger partial charge in [0.15, 0.2) is 0 Å². The minimum Gasteiger partial charge on any atom is -0.465 e. The van der Waals surface area contributed by atoms with E-state index in [1.165, 1.54) is 0 Å². The molecule has 0 aliphatic rings. The maximum Gasteiger partial charge on any atom is 0.339 e. The average molecular weight is 238 g/mol. The van der Waals surface area contributed by atoms with Crippen molar-refractivity contribution in [1.29, 1.82) is 0 Å². The van der Waals surface area contributed by atoms with E-state index in [9.17, 15) is 4.79 Å². The summed E-state index contributed by atoms with van der Waals surface area (Å²) in [6, 6.07) is -0.814. The molecule has 0 unspecified atom stereocenters. The second-order valence-electron chi connectivity index (χ2n) is 1.78. The molecule has 12 heavy (non-hydrogen) atoms. The van der Waals surface area contributed by atoms with E-state index in [0.717, 1.165) is 0 Å². The highest BCUT2D eigenvalue weighted by Crippen LogP contribution is 2.13. The molecule has 64 valence electrons. The quantitative estimate of drug-likeness (QED) is 0.554. The van der Waals surface area contributed by atoms with E-state index in [0.29, 0.717) is 0 Å². The maximum atomic E-state index is 11.6. The van der Waals surface area contributed by atoms with Crippen LogP contribution >= 0.6 is 15.9 Å². The van der Waals surface area contributed by atoms with E-state index in [-0.39, 0.29) is 4.60 Å². The molecular weight excluding hydrogens is 222 g/mol. The summed E-state index contributed by atoms with van der Waals surface area (Å²) in [7, 11) is -3.07. The molecule has 0 aliphatic carbocycles. The van der Waals surface area contributed by atoms with Gasteiger partial charge in [0.25, 0.3) is 0 Å².